The molecule has 3 N–H and O–H groups in total. The van der Waals surface area contributed by atoms with Crippen LogP contribution in [0.1, 0.15) is 36.9 Å². The number of urea groups is 1. The number of rotatable bonds is 3. The minimum absolute atomic E-state index is 0.0561. The van der Waals surface area contributed by atoms with Crippen molar-refractivity contribution in [2.24, 2.45) is 7.05 Å². The Bertz CT molecular complexity index is 522. The Hall–Kier alpha value is -1.77. The van der Waals surface area contributed by atoms with Crippen LogP contribution >= 0.6 is 0 Å². The molecule has 1 aromatic heterocycles. The number of carbonyl (C=O) groups is 1. The van der Waals surface area contributed by atoms with E-state index >= 15 is 0 Å². The minimum atomic E-state index is -4.55. The van der Waals surface area contributed by atoms with Crippen molar-refractivity contribution in [3.63, 3.8) is 0 Å². The highest BCUT2D eigenvalue weighted by atomic mass is 19.4. The van der Waals surface area contributed by atoms with Crippen LogP contribution in [0.15, 0.2) is 6.20 Å². The Morgan fingerprint density at radius 1 is 1.41 bits per heavy atom. The van der Waals surface area contributed by atoms with E-state index in [-0.39, 0.29) is 24.3 Å². The fourth-order valence-electron chi connectivity index (χ4n) is 2.54. The van der Waals surface area contributed by atoms with E-state index in [1.54, 1.807) is 0 Å². The third-order valence-corrected chi connectivity index (χ3v) is 3.64. The molecule has 9 heteroatoms. The van der Waals surface area contributed by atoms with Gasteiger partial charge >= 0.3 is 12.2 Å². The Morgan fingerprint density at radius 3 is 2.64 bits per heavy atom. The number of aliphatic hydroxyl groups is 1. The van der Waals surface area contributed by atoms with Crippen molar-refractivity contribution in [1.82, 2.24) is 20.4 Å². The predicted octanol–water partition coefficient (Wildman–Crippen LogP) is 1.54. The molecule has 0 bridgehead atoms. The van der Waals surface area contributed by atoms with Crippen LogP contribution in [0.3, 0.4) is 0 Å². The Morgan fingerprint density at radius 2 is 2.05 bits per heavy atom. The highest BCUT2D eigenvalue weighted by molar-refractivity contribution is 5.74. The standard InChI is InChI=1S/C13H19F3N4O2/c1-20-7-8(11(19-20)13(14,15)16)6-17-12(22)18-9-2-4-10(21)5-3-9/h7,9-10,21H,2-6H2,1H3,(H2,17,18,22). The van der Waals surface area contributed by atoms with Crippen molar-refractivity contribution in [3.05, 3.63) is 17.5 Å². The molecule has 1 aromatic rings. The van der Waals surface area contributed by atoms with Crippen molar-refractivity contribution in [1.29, 1.82) is 0 Å². The number of alkyl halides is 3. The molecular formula is C13H19F3N4O2. The largest absolute Gasteiger partial charge is 0.435 e. The van der Waals surface area contributed by atoms with Crippen LogP contribution in [-0.4, -0.2) is 33.1 Å². The lowest BCUT2D eigenvalue weighted by Crippen LogP contribution is -2.44. The molecule has 0 saturated heterocycles. The van der Waals surface area contributed by atoms with Crippen LogP contribution in [0.25, 0.3) is 0 Å². The van der Waals surface area contributed by atoms with Gasteiger partial charge in [-0.05, 0) is 25.7 Å². The molecule has 0 atom stereocenters. The van der Waals surface area contributed by atoms with Crippen molar-refractivity contribution in [2.75, 3.05) is 0 Å². The number of nitrogens with one attached hydrogen (secondary N) is 2. The van der Waals surface area contributed by atoms with E-state index in [1.807, 2.05) is 0 Å². The molecule has 1 aliphatic rings. The minimum Gasteiger partial charge on any atom is -0.393 e. The van der Waals surface area contributed by atoms with Gasteiger partial charge in [-0.15, -0.1) is 0 Å². The van der Waals surface area contributed by atoms with Crippen molar-refractivity contribution >= 4 is 6.03 Å². The van der Waals surface area contributed by atoms with Crippen LogP contribution < -0.4 is 10.6 Å². The first kappa shape index (κ1) is 16.6. The maximum atomic E-state index is 12.8. The van der Waals surface area contributed by atoms with Gasteiger partial charge in [-0.25, -0.2) is 4.79 Å². The molecule has 0 aliphatic heterocycles. The quantitative estimate of drug-likeness (QED) is 0.790. The van der Waals surface area contributed by atoms with Crippen LogP contribution in [0.2, 0.25) is 0 Å². The summed E-state index contributed by atoms with van der Waals surface area (Å²) in [5.41, 5.74) is -1.07. The zero-order valence-electron chi connectivity index (χ0n) is 12.2. The summed E-state index contributed by atoms with van der Waals surface area (Å²) in [6.07, 6.45) is -1.08. The number of aromatic nitrogens is 2. The molecule has 0 aromatic carbocycles. The maximum Gasteiger partial charge on any atom is 0.435 e. The lowest BCUT2D eigenvalue weighted by atomic mass is 9.93. The molecule has 1 heterocycles. The molecule has 1 fully saturated rings. The average Bonchev–Trinajstić information content (AvgIpc) is 2.80. The molecule has 0 unspecified atom stereocenters. The number of hydrogen-bond donors (Lipinski definition) is 3. The van der Waals surface area contributed by atoms with E-state index in [0.717, 1.165) is 4.68 Å². The van der Waals surface area contributed by atoms with Gasteiger partial charge in [0.25, 0.3) is 0 Å². The Balaban J connectivity index is 1.86. The van der Waals surface area contributed by atoms with Crippen molar-refractivity contribution in [2.45, 2.75) is 50.6 Å². The van der Waals surface area contributed by atoms with E-state index in [9.17, 15) is 23.1 Å². The third kappa shape index (κ3) is 4.36. The van der Waals surface area contributed by atoms with Crippen LogP contribution in [0.5, 0.6) is 0 Å². The fraction of sp³-hybridized carbons (Fsp3) is 0.692. The summed E-state index contributed by atoms with van der Waals surface area (Å²) in [5, 5.41) is 17.9. The van der Waals surface area contributed by atoms with Gasteiger partial charge in [0.15, 0.2) is 5.69 Å². The molecule has 1 aliphatic carbocycles. The number of aryl methyl sites for hydroxylation is 1. The zero-order chi connectivity index (χ0) is 16.3. The van der Waals surface area contributed by atoms with Gasteiger partial charge in [0.2, 0.25) is 0 Å². The zero-order valence-corrected chi connectivity index (χ0v) is 12.2. The number of halogens is 3. The molecular weight excluding hydrogens is 301 g/mol. The predicted molar refractivity (Wildman–Crippen MR) is 71.8 cm³/mol. The summed E-state index contributed by atoms with van der Waals surface area (Å²) in [6.45, 7) is -0.246. The van der Waals surface area contributed by atoms with Gasteiger partial charge in [-0.3, -0.25) is 4.68 Å². The second kappa shape index (κ2) is 6.55. The lowest BCUT2D eigenvalue weighted by Gasteiger charge is -2.26. The smallest absolute Gasteiger partial charge is 0.393 e. The van der Waals surface area contributed by atoms with E-state index in [1.165, 1.54) is 13.2 Å². The summed E-state index contributed by atoms with van der Waals surface area (Å²) in [4.78, 5) is 11.7. The van der Waals surface area contributed by atoms with E-state index in [4.69, 9.17) is 0 Å². The average molecular weight is 320 g/mol. The molecule has 2 rings (SSSR count). The summed E-state index contributed by atoms with van der Waals surface area (Å²) in [6, 6.07) is -0.572. The number of nitrogens with zero attached hydrogens (tertiary/aromatic N) is 2. The lowest BCUT2D eigenvalue weighted by molar-refractivity contribution is -0.142. The van der Waals surface area contributed by atoms with Crippen molar-refractivity contribution in [3.8, 4) is 0 Å². The van der Waals surface area contributed by atoms with E-state index in [2.05, 4.69) is 15.7 Å². The molecule has 2 amide bonds. The summed E-state index contributed by atoms with van der Waals surface area (Å²) in [5.74, 6) is 0. The second-order valence-electron chi connectivity index (χ2n) is 5.51. The first-order valence-electron chi connectivity index (χ1n) is 7.08. The molecule has 22 heavy (non-hydrogen) atoms. The number of carbonyl (C=O) groups excluding carboxylic acids is 1. The van der Waals surface area contributed by atoms with Gasteiger partial charge in [-0.2, -0.15) is 18.3 Å². The normalized spacial score (nSPS) is 22.4. The van der Waals surface area contributed by atoms with E-state index in [0.29, 0.717) is 25.7 Å². The Labute approximate surface area is 125 Å². The third-order valence-electron chi connectivity index (χ3n) is 3.64. The summed E-state index contributed by atoms with van der Waals surface area (Å²) >= 11 is 0. The second-order valence-corrected chi connectivity index (χ2v) is 5.51. The first-order chi connectivity index (χ1) is 10.3. The van der Waals surface area contributed by atoms with Crippen LogP contribution in [0.4, 0.5) is 18.0 Å². The van der Waals surface area contributed by atoms with Gasteiger partial charge in [0, 0.05) is 31.4 Å². The summed E-state index contributed by atoms with van der Waals surface area (Å²) in [7, 11) is 1.39. The maximum absolute atomic E-state index is 12.8. The number of amides is 2. The highest BCUT2D eigenvalue weighted by Crippen LogP contribution is 2.30. The fourth-order valence-corrected chi connectivity index (χ4v) is 2.54. The summed E-state index contributed by atoms with van der Waals surface area (Å²) < 4.78 is 39.4. The Kier molecular flexibility index (Phi) is 4.94. The molecule has 1 saturated carbocycles. The topological polar surface area (TPSA) is 79.2 Å². The molecule has 0 radical (unpaired) electrons. The molecule has 0 spiro atoms. The highest BCUT2D eigenvalue weighted by Gasteiger charge is 2.36. The number of hydrogen-bond acceptors (Lipinski definition) is 3. The van der Waals surface area contributed by atoms with Gasteiger partial charge in [0.05, 0.1) is 6.10 Å². The SMILES string of the molecule is Cn1cc(CNC(=O)NC2CCC(O)CC2)c(C(F)(F)F)n1. The van der Waals surface area contributed by atoms with Crippen molar-refractivity contribution < 1.29 is 23.1 Å². The monoisotopic (exact) mass is 320 g/mol. The first-order valence-corrected chi connectivity index (χ1v) is 7.08. The van der Waals surface area contributed by atoms with Crippen LogP contribution in [0, 0.1) is 0 Å². The van der Waals surface area contributed by atoms with Gasteiger partial charge < -0.3 is 15.7 Å². The van der Waals surface area contributed by atoms with Crippen LogP contribution in [-0.2, 0) is 19.8 Å². The van der Waals surface area contributed by atoms with E-state index < -0.39 is 17.9 Å². The van der Waals surface area contributed by atoms with Gasteiger partial charge in [-0.1, -0.05) is 0 Å². The molecule has 124 valence electrons. The molecule has 6 nitrogen and oxygen atoms in total. The number of aliphatic hydroxyl groups excluding tert-OH is 1. The van der Waals surface area contributed by atoms with Gasteiger partial charge in [0.1, 0.15) is 0 Å².